The third-order valence-electron chi connectivity index (χ3n) is 3.94. The van der Waals surface area contributed by atoms with Gasteiger partial charge in [-0.2, -0.15) is 0 Å². The molecule has 1 aromatic carbocycles. The van der Waals surface area contributed by atoms with Gasteiger partial charge < -0.3 is 10.6 Å². The lowest BCUT2D eigenvalue weighted by molar-refractivity contribution is 0.575. The van der Waals surface area contributed by atoms with Crippen LogP contribution in [0.2, 0.25) is 0 Å². The number of aromatic nitrogens is 1. The molecule has 2 heterocycles. The average Bonchev–Trinajstić information content (AvgIpc) is 3.02. The second-order valence-corrected chi connectivity index (χ2v) is 6.38. The second-order valence-electron chi connectivity index (χ2n) is 5.46. The standard InChI is InChI=1S/C16H21N3S/c1-12-5-6-13(15(17)16-18-7-10-20-16)14(11-12)19-8-3-2-4-9-19/h5-7,10-11,15H,2-4,8-9,17H2,1H3. The van der Waals surface area contributed by atoms with Crippen molar-refractivity contribution in [1.29, 1.82) is 0 Å². The Balaban J connectivity index is 1.97. The van der Waals surface area contributed by atoms with E-state index in [0.717, 1.165) is 18.1 Å². The summed E-state index contributed by atoms with van der Waals surface area (Å²) < 4.78 is 0. The summed E-state index contributed by atoms with van der Waals surface area (Å²) in [6.45, 7) is 4.42. The maximum atomic E-state index is 6.44. The molecule has 0 spiro atoms. The maximum absolute atomic E-state index is 6.44. The minimum absolute atomic E-state index is 0.118. The number of aryl methyl sites for hydroxylation is 1. The van der Waals surface area contributed by atoms with Crippen molar-refractivity contribution in [3.63, 3.8) is 0 Å². The van der Waals surface area contributed by atoms with Crippen LogP contribution >= 0.6 is 11.3 Å². The summed E-state index contributed by atoms with van der Waals surface area (Å²) in [4.78, 5) is 6.86. The summed E-state index contributed by atoms with van der Waals surface area (Å²) in [5, 5.41) is 2.98. The highest BCUT2D eigenvalue weighted by atomic mass is 32.1. The molecule has 0 aliphatic carbocycles. The number of rotatable bonds is 3. The van der Waals surface area contributed by atoms with Gasteiger partial charge in [0.15, 0.2) is 0 Å². The lowest BCUT2D eigenvalue weighted by atomic mass is 10.0. The van der Waals surface area contributed by atoms with Crippen molar-refractivity contribution in [2.45, 2.75) is 32.2 Å². The zero-order valence-electron chi connectivity index (χ0n) is 11.9. The minimum Gasteiger partial charge on any atom is -0.371 e. The molecule has 3 rings (SSSR count). The van der Waals surface area contributed by atoms with Crippen LogP contribution in [0.1, 0.15) is 41.4 Å². The van der Waals surface area contributed by atoms with Crippen molar-refractivity contribution >= 4 is 17.0 Å². The number of hydrogen-bond donors (Lipinski definition) is 1. The van der Waals surface area contributed by atoms with Gasteiger partial charge in [-0.15, -0.1) is 11.3 Å². The molecular formula is C16H21N3S. The van der Waals surface area contributed by atoms with Crippen LogP contribution in [0.5, 0.6) is 0 Å². The Morgan fingerprint density at radius 3 is 2.75 bits per heavy atom. The molecule has 1 atom stereocenters. The molecule has 1 fully saturated rings. The zero-order valence-corrected chi connectivity index (χ0v) is 12.7. The summed E-state index contributed by atoms with van der Waals surface area (Å²) in [7, 11) is 0. The van der Waals surface area contributed by atoms with E-state index in [0.29, 0.717) is 0 Å². The van der Waals surface area contributed by atoms with Gasteiger partial charge in [-0.25, -0.2) is 4.98 Å². The molecule has 2 aromatic rings. The van der Waals surface area contributed by atoms with E-state index >= 15 is 0 Å². The van der Waals surface area contributed by atoms with Crippen LogP contribution in [0.4, 0.5) is 5.69 Å². The Kier molecular flexibility index (Phi) is 4.03. The first-order valence-electron chi connectivity index (χ1n) is 7.26. The Morgan fingerprint density at radius 2 is 2.05 bits per heavy atom. The highest BCUT2D eigenvalue weighted by molar-refractivity contribution is 7.09. The van der Waals surface area contributed by atoms with Crippen LogP contribution in [-0.4, -0.2) is 18.1 Å². The van der Waals surface area contributed by atoms with E-state index in [4.69, 9.17) is 5.73 Å². The molecule has 1 saturated heterocycles. The fourth-order valence-electron chi connectivity index (χ4n) is 2.85. The van der Waals surface area contributed by atoms with Crippen molar-refractivity contribution in [3.05, 3.63) is 45.9 Å². The molecule has 3 nitrogen and oxygen atoms in total. The maximum Gasteiger partial charge on any atom is 0.114 e. The van der Waals surface area contributed by atoms with Gasteiger partial charge in [0.05, 0.1) is 6.04 Å². The largest absolute Gasteiger partial charge is 0.371 e. The smallest absolute Gasteiger partial charge is 0.114 e. The molecule has 0 radical (unpaired) electrons. The van der Waals surface area contributed by atoms with Crippen LogP contribution in [0.3, 0.4) is 0 Å². The van der Waals surface area contributed by atoms with Gasteiger partial charge in [-0.3, -0.25) is 0 Å². The molecule has 2 N–H and O–H groups in total. The fraction of sp³-hybridized carbons (Fsp3) is 0.438. The first-order chi connectivity index (χ1) is 9.75. The Hall–Kier alpha value is -1.39. The average molecular weight is 287 g/mol. The summed E-state index contributed by atoms with van der Waals surface area (Å²) in [6.07, 6.45) is 5.73. The van der Waals surface area contributed by atoms with Crippen LogP contribution in [0.15, 0.2) is 29.8 Å². The lowest BCUT2D eigenvalue weighted by Gasteiger charge is -2.32. The normalized spacial score (nSPS) is 17.2. The molecule has 106 valence electrons. The minimum atomic E-state index is -0.118. The van der Waals surface area contributed by atoms with Gasteiger partial charge in [-0.05, 0) is 43.4 Å². The number of nitrogens with two attached hydrogens (primary N) is 1. The van der Waals surface area contributed by atoms with Crippen LogP contribution in [0.25, 0.3) is 0 Å². The molecule has 0 bridgehead atoms. The predicted molar refractivity (Wildman–Crippen MR) is 85.4 cm³/mol. The quantitative estimate of drug-likeness (QED) is 0.939. The van der Waals surface area contributed by atoms with E-state index in [1.54, 1.807) is 11.3 Å². The molecular weight excluding hydrogens is 266 g/mol. The number of hydrogen-bond acceptors (Lipinski definition) is 4. The fourth-order valence-corrected chi connectivity index (χ4v) is 3.50. The molecule has 1 aliphatic rings. The van der Waals surface area contributed by atoms with E-state index in [9.17, 15) is 0 Å². The zero-order chi connectivity index (χ0) is 13.9. The summed E-state index contributed by atoms with van der Waals surface area (Å²) in [5.41, 5.74) is 10.2. The van der Waals surface area contributed by atoms with Gasteiger partial charge >= 0.3 is 0 Å². The van der Waals surface area contributed by atoms with Crippen molar-refractivity contribution in [2.75, 3.05) is 18.0 Å². The van der Waals surface area contributed by atoms with Crippen LogP contribution in [-0.2, 0) is 0 Å². The predicted octanol–water partition coefficient (Wildman–Crippen LogP) is 3.49. The highest BCUT2D eigenvalue weighted by Gasteiger charge is 2.20. The van der Waals surface area contributed by atoms with Gasteiger partial charge in [0.2, 0.25) is 0 Å². The Bertz CT molecular complexity index is 559. The van der Waals surface area contributed by atoms with Crippen molar-refractivity contribution in [2.24, 2.45) is 5.73 Å². The van der Waals surface area contributed by atoms with Gasteiger partial charge in [0.1, 0.15) is 5.01 Å². The SMILES string of the molecule is Cc1ccc(C(N)c2nccs2)c(N2CCCCC2)c1. The molecule has 0 amide bonds. The third kappa shape index (κ3) is 2.72. The number of nitrogens with zero attached hydrogens (tertiary/aromatic N) is 2. The van der Waals surface area contributed by atoms with Crippen molar-refractivity contribution < 1.29 is 0 Å². The summed E-state index contributed by atoms with van der Waals surface area (Å²) in [5.74, 6) is 0. The van der Waals surface area contributed by atoms with Crippen LogP contribution < -0.4 is 10.6 Å². The molecule has 20 heavy (non-hydrogen) atoms. The van der Waals surface area contributed by atoms with Crippen molar-refractivity contribution in [3.8, 4) is 0 Å². The van der Waals surface area contributed by atoms with Crippen LogP contribution in [0, 0.1) is 6.92 Å². The summed E-state index contributed by atoms with van der Waals surface area (Å²) >= 11 is 1.63. The van der Waals surface area contributed by atoms with E-state index in [-0.39, 0.29) is 6.04 Å². The molecule has 4 heteroatoms. The van der Waals surface area contributed by atoms with Gasteiger partial charge in [-0.1, -0.05) is 12.1 Å². The monoisotopic (exact) mass is 287 g/mol. The molecule has 0 saturated carbocycles. The van der Waals surface area contributed by atoms with Crippen molar-refractivity contribution in [1.82, 2.24) is 4.98 Å². The number of piperidine rings is 1. The Morgan fingerprint density at radius 1 is 1.25 bits per heavy atom. The molecule has 1 aliphatic heterocycles. The van der Waals surface area contributed by atoms with Gasteiger partial charge in [0.25, 0.3) is 0 Å². The van der Waals surface area contributed by atoms with E-state index in [1.807, 2.05) is 11.6 Å². The van der Waals surface area contributed by atoms with E-state index < -0.39 is 0 Å². The summed E-state index contributed by atoms with van der Waals surface area (Å²) in [6, 6.07) is 6.47. The second kappa shape index (κ2) is 5.94. The first-order valence-corrected chi connectivity index (χ1v) is 8.14. The van der Waals surface area contributed by atoms with E-state index in [2.05, 4.69) is 35.0 Å². The third-order valence-corrected chi connectivity index (χ3v) is 4.79. The Labute approximate surface area is 124 Å². The first kappa shape index (κ1) is 13.6. The van der Waals surface area contributed by atoms with E-state index in [1.165, 1.54) is 36.1 Å². The molecule has 1 aromatic heterocycles. The highest BCUT2D eigenvalue weighted by Crippen LogP contribution is 2.32. The molecule has 1 unspecified atom stereocenters. The topological polar surface area (TPSA) is 42.1 Å². The number of thiazole rings is 1. The lowest BCUT2D eigenvalue weighted by Crippen LogP contribution is -2.31. The number of anilines is 1. The number of benzene rings is 1. The van der Waals surface area contributed by atoms with Gasteiger partial charge in [0, 0.05) is 30.4 Å².